The summed E-state index contributed by atoms with van der Waals surface area (Å²) in [6, 6.07) is 4.74. The molecule has 1 aromatic carbocycles. The van der Waals surface area contributed by atoms with E-state index < -0.39 is 12.0 Å². The number of aryl methyl sites for hydroxylation is 1. The first-order valence-electron chi connectivity index (χ1n) is 7.67. The Balaban J connectivity index is 1.69. The first-order valence-corrected chi connectivity index (χ1v) is 8.46. The number of carboxylic acid groups (broad SMARTS) is 1. The van der Waals surface area contributed by atoms with Gasteiger partial charge in [-0.05, 0) is 17.7 Å². The van der Waals surface area contributed by atoms with Crippen molar-refractivity contribution in [2.75, 3.05) is 0 Å². The number of hydrogen-bond acceptors (Lipinski definition) is 3. The molecule has 0 unspecified atom stereocenters. The highest BCUT2D eigenvalue weighted by molar-refractivity contribution is 9.10. The molecule has 8 heteroatoms. The zero-order valence-corrected chi connectivity index (χ0v) is 15.1. The number of aromatic nitrogens is 3. The predicted octanol–water partition coefficient (Wildman–Crippen LogP) is 2.02. The van der Waals surface area contributed by atoms with E-state index in [0.29, 0.717) is 5.69 Å². The van der Waals surface area contributed by atoms with Crippen LogP contribution < -0.4 is 5.32 Å². The van der Waals surface area contributed by atoms with E-state index in [1.807, 2.05) is 18.2 Å². The van der Waals surface area contributed by atoms with Crippen LogP contribution in [0.4, 0.5) is 0 Å². The number of carboxylic acids is 1. The van der Waals surface area contributed by atoms with Crippen molar-refractivity contribution in [1.29, 1.82) is 0 Å². The first kappa shape index (κ1) is 17.2. The Bertz CT molecular complexity index is 931. The summed E-state index contributed by atoms with van der Waals surface area (Å²) < 4.78 is 2.68. The molecule has 0 saturated carbocycles. The Morgan fingerprint density at radius 3 is 2.92 bits per heavy atom. The zero-order chi connectivity index (χ0) is 18.0. The number of amides is 1. The Labute approximate surface area is 152 Å². The third-order valence-corrected chi connectivity index (χ3v) is 4.38. The molecule has 3 aromatic rings. The van der Waals surface area contributed by atoms with Crippen molar-refractivity contribution in [2.45, 2.75) is 18.9 Å². The van der Waals surface area contributed by atoms with Crippen LogP contribution in [-0.4, -0.2) is 37.6 Å². The maximum atomic E-state index is 12.3. The number of H-pyrrole nitrogens is 1. The Morgan fingerprint density at radius 2 is 2.24 bits per heavy atom. The van der Waals surface area contributed by atoms with Gasteiger partial charge < -0.3 is 20.0 Å². The second-order valence-corrected chi connectivity index (χ2v) is 6.79. The summed E-state index contributed by atoms with van der Waals surface area (Å²) >= 11 is 3.40. The Kier molecular flexibility index (Phi) is 4.89. The van der Waals surface area contributed by atoms with Gasteiger partial charge in [-0.25, -0.2) is 9.78 Å². The van der Waals surface area contributed by atoms with Crippen molar-refractivity contribution in [2.24, 2.45) is 7.05 Å². The van der Waals surface area contributed by atoms with Crippen molar-refractivity contribution in [3.8, 4) is 0 Å². The number of aromatic amines is 1. The van der Waals surface area contributed by atoms with Crippen LogP contribution in [0, 0.1) is 0 Å². The van der Waals surface area contributed by atoms with Crippen LogP contribution in [0.15, 0.2) is 41.4 Å². The summed E-state index contributed by atoms with van der Waals surface area (Å²) in [4.78, 5) is 31.0. The maximum absolute atomic E-state index is 12.3. The van der Waals surface area contributed by atoms with E-state index in [0.717, 1.165) is 20.9 Å². The lowest BCUT2D eigenvalue weighted by atomic mass is 10.1. The molecule has 1 atom stereocenters. The van der Waals surface area contributed by atoms with Gasteiger partial charge in [0.1, 0.15) is 6.04 Å². The summed E-state index contributed by atoms with van der Waals surface area (Å²) in [5.41, 5.74) is 2.36. The van der Waals surface area contributed by atoms with Gasteiger partial charge >= 0.3 is 5.97 Å². The summed E-state index contributed by atoms with van der Waals surface area (Å²) in [6.45, 7) is 0. The number of nitrogens with one attached hydrogen (secondary N) is 2. The minimum absolute atomic E-state index is 0.105. The SMILES string of the molecule is Cn1cnc(C[C@H](NC(=O)Cc2c[nH]c3cc(Br)ccc23)C(=O)O)c1. The molecule has 0 fully saturated rings. The predicted molar refractivity (Wildman–Crippen MR) is 96.2 cm³/mol. The third-order valence-electron chi connectivity index (χ3n) is 3.89. The molecule has 0 radical (unpaired) electrons. The summed E-state index contributed by atoms with van der Waals surface area (Å²) in [7, 11) is 1.81. The lowest BCUT2D eigenvalue weighted by Gasteiger charge is -2.13. The number of imidazole rings is 1. The molecule has 25 heavy (non-hydrogen) atoms. The largest absolute Gasteiger partial charge is 0.480 e. The van der Waals surface area contributed by atoms with Crippen molar-refractivity contribution >= 4 is 38.7 Å². The highest BCUT2D eigenvalue weighted by Crippen LogP contribution is 2.22. The zero-order valence-electron chi connectivity index (χ0n) is 13.5. The topological polar surface area (TPSA) is 100 Å². The van der Waals surface area contributed by atoms with Crippen LogP contribution in [0.25, 0.3) is 10.9 Å². The highest BCUT2D eigenvalue weighted by atomic mass is 79.9. The molecule has 0 aliphatic rings. The highest BCUT2D eigenvalue weighted by Gasteiger charge is 2.22. The fourth-order valence-electron chi connectivity index (χ4n) is 2.70. The van der Waals surface area contributed by atoms with Gasteiger partial charge in [-0.3, -0.25) is 4.79 Å². The van der Waals surface area contributed by atoms with E-state index in [4.69, 9.17) is 0 Å². The summed E-state index contributed by atoms with van der Waals surface area (Å²) in [6.07, 6.45) is 5.35. The molecule has 7 nitrogen and oxygen atoms in total. The molecule has 0 saturated heterocycles. The number of carbonyl (C=O) groups excluding carboxylic acids is 1. The lowest BCUT2D eigenvalue weighted by molar-refractivity contribution is -0.141. The van der Waals surface area contributed by atoms with Gasteiger partial charge in [-0.15, -0.1) is 0 Å². The van der Waals surface area contributed by atoms with E-state index in [1.54, 1.807) is 30.3 Å². The van der Waals surface area contributed by atoms with Crippen LogP contribution in [0.5, 0.6) is 0 Å². The smallest absolute Gasteiger partial charge is 0.326 e. The lowest BCUT2D eigenvalue weighted by Crippen LogP contribution is -2.43. The van der Waals surface area contributed by atoms with Crippen LogP contribution in [0.1, 0.15) is 11.3 Å². The number of aliphatic carboxylic acids is 1. The van der Waals surface area contributed by atoms with E-state index >= 15 is 0 Å². The number of rotatable bonds is 6. The molecule has 3 rings (SSSR count). The van der Waals surface area contributed by atoms with Gasteiger partial charge in [0.15, 0.2) is 0 Å². The van der Waals surface area contributed by atoms with Gasteiger partial charge in [0.05, 0.1) is 18.4 Å². The molecule has 3 N–H and O–H groups in total. The van der Waals surface area contributed by atoms with Crippen LogP contribution in [0.2, 0.25) is 0 Å². The molecule has 130 valence electrons. The summed E-state index contributed by atoms with van der Waals surface area (Å²) in [5, 5.41) is 12.9. The molecule has 0 bridgehead atoms. The Morgan fingerprint density at radius 1 is 1.44 bits per heavy atom. The second-order valence-electron chi connectivity index (χ2n) is 5.87. The fraction of sp³-hybridized carbons (Fsp3) is 0.235. The first-order chi connectivity index (χ1) is 11.9. The van der Waals surface area contributed by atoms with Crippen molar-refractivity contribution in [3.05, 3.63) is 52.7 Å². The monoisotopic (exact) mass is 404 g/mol. The fourth-order valence-corrected chi connectivity index (χ4v) is 3.07. The van der Waals surface area contributed by atoms with Crippen molar-refractivity contribution in [3.63, 3.8) is 0 Å². The van der Waals surface area contributed by atoms with E-state index in [2.05, 4.69) is 31.2 Å². The second kappa shape index (κ2) is 7.10. The minimum atomic E-state index is -1.08. The molecule has 2 aromatic heterocycles. The average Bonchev–Trinajstić information content (AvgIpc) is 3.13. The number of halogens is 1. The third kappa shape index (κ3) is 4.08. The van der Waals surface area contributed by atoms with E-state index in [-0.39, 0.29) is 18.7 Å². The normalized spacial score (nSPS) is 12.2. The molecular formula is C17H17BrN4O3. The van der Waals surface area contributed by atoms with Gasteiger partial charge in [0.25, 0.3) is 0 Å². The van der Waals surface area contributed by atoms with Gasteiger partial charge in [0, 0.05) is 41.2 Å². The molecule has 2 heterocycles. The number of benzene rings is 1. The molecule has 0 aliphatic carbocycles. The van der Waals surface area contributed by atoms with Gasteiger partial charge in [0.2, 0.25) is 5.91 Å². The van der Waals surface area contributed by atoms with Gasteiger partial charge in [-0.1, -0.05) is 22.0 Å². The minimum Gasteiger partial charge on any atom is -0.480 e. The molecule has 1 amide bonds. The molecule has 0 spiro atoms. The number of fused-ring (bicyclic) bond motifs is 1. The molecular weight excluding hydrogens is 388 g/mol. The number of hydrogen-bond donors (Lipinski definition) is 3. The number of nitrogens with zero attached hydrogens (tertiary/aromatic N) is 2. The summed E-state index contributed by atoms with van der Waals surface area (Å²) in [5.74, 6) is -1.42. The standard InChI is InChI=1S/C17H17BrN4O3/c1-22-8-12(20-9-22)6-15(17(24)25)21-16(23)4-10-7-19-14-5-11(18)2-3-13(10)14/h2-3,5,7-9,15,19H,4,6H2,1H3,(H,21,23)(H,24,25)/t15-/m0/s1. The maximum Gasteiger partial charge on any atom is 0.326 e. The number of carbonyl (C=O) groups is 2. The van der Waals surface area contributed by atoms with Gasteiger partial charge in [-0.2, -0.15) is 0 Å². The van der Waals surface area contributed by atoms with Crippen LogP contribution in [0.3, 0.4) is 0 Å². The van der Waals surface area contributed by atoms with E-state index in [9.17, 15) is 14.7 Å². The van der Waals surface area contributed by atoms with Crippen molar-refractivity contribution in [1.82, 2.24) is 19.9 Å². The van der Waals surface area contributed by atoms with Crippen molar-refractivity contribution < 1.29 is 14.7 Å². The van der Waals surface area contributed by atoms with Crippen LogP contribution in [-0.2, 0) is 29.5 Å². The molecule has 0 aliphatic heterocycles. The Hall–Kier alpha value is -2.61. The average molecular weight is 405 g/mol. The van der Waals surface area contributed by atoms with E-state index in [1.165, 1.54) is 0 Å². The van der Waals surface area contributed by atoms with Crippen LogP contribution >= 0.6 is 15.9 Å². The quantitative estimate of drug-likeness (QED) is 0.584.